The molecule has 2 aromatic rings. The number of halogens is 1. The highest BCUT2D eigenvalue weighted by Crippen LogP contribution is 2.17. The summed E-state index contributed by atoms with van der Waals surface area (Å²) in [7, 11) is 0. The number of nitrogens with zero attached hydrogens (tertiary/aromatic N) is 1. The van der Waals surface area contributed by atoms with Crippen LogP contribution in [0.25, 0.3) is 0 Å². The first-order valence-electron chi connectivity index (χ1n) is 6.19. The highest BCUT2D eigenvalue weighted by Gasteiger charge is 2.13. The number of rotatable bonds is 4. The number of benzene rings is 2. The van der Waals surface area contributed by atoms with Gasteiger partial charge in [0.25, 0.3) is 0 Å². The summed E-state index contributed by atoms with van der Waals surface area (Å²) in [5, 5.41) is 15.7. The van der Waals surface area contributed by atoms with Gasteiger partial charge in [0.1, 0.15) is 0 Å². The van der Waals surface area contributed by atoms with Crippen LogP contribution in [-0.2, 0) is 0 Å². The molecular weight excluding hydrogens is 306 g/mol. The van der Waals surface area contributed by atoms with Gasteiger partial charge in [0.05, 0.1) is 11.7 Å². The molecule has 112 valence electrons. The second-order valence-electron chi connectivity index (χ2n) is 4.28. The molecule has 0 spiro atoms. The van der Waals surface area contributed by atoms with Gasteiger partial charge < -0.3 is 15.6 Å². The summed E-state index contributed by atoms with van der Waals surface area (Å²) in [4.78, 5) is 22.1. The van der Waals surface area contributed by atoms with E-state index in [2.05, 4.69) is 10.5 Å². The van der Waals surface area contributed by atoms with E-state index in [0.29, 0.717) is 16.1 Å². The number of carbonyl (C=O) groups is 2. The predicted molar refractivity (Wildman–Crippen MR) is 80.6 cm³/mol. The van der Waals surface area contributed by atoms with Crippen molar-refractivity contribution in [3.05, 3.63) is 70.2 Å². The number of carboxylic acid groups (broad SMARTS) is 1. The number of carboxylic acids is 1. The van der Waals surface area contributed by atoms with E-state index in [1.807, 2.05) is 0 Å². The number of hydrazone groups is 1. The number of primary amides is 1. The molecular formula is C15H11ClN3O3-. The van der Waals surface area contributed by atoms with Crippen molar-refractivity contribution in [2.24, 2.45) is 10.8 Å². The maximum atomic E-state index is 11.3. The third-order valence-electron chi connectivity index (χ3n) is 2.80. The second kappa shape index (κ2) is 6.73. The van der Waals surface area contributed by atoms with E-state index in [1.165, 1.54) is 6.07 Å². The highest BCUT2D eigenvalue weighted by atomic mass is 35.5. The van der Waals surface area contributed by atoms with Crippen LogP contribution in [0, 0.1) is 0 Å². The van der Waals surface area contributed by atoms with Crippen LogP contribution in [-0.4, -0.2) is 17.7 Å². The summed E-state index contributed by atoms with van der Waals surface area (Å²) in [5.74, 6) is -1.35. The molecule has 0 bridgehead atoms. The fourth-order valence-electron chi connectivity index (χ4n) is 1.87. The van der Waals surface area contributed by atoms with Gasteiger partial charge in [-0.1, -0.05) is 48.0 Å². The van der Waals surface area contributed by atoms with Crippen LogP contribution in [0.4, 0.5) is 4.79 Å². The number of amides is 2. The quantitative estimate of drug-likeness (QED) is 0.652. The fraction of sp³-hybridized carbons (Fsp3) is 0. The largest absolute Gasteiger partial charge is 0.545 e. The molecule has 0 saturated carbocycles. The first kappa shape index (κ1) is 15.5. The predicted octanol–water partition coefficient (Wildman–Crippen LogP) is 1.12. The average molecular weight is 317 g/mol. The Morgan fingerprint density at radius 3 is 2.18 bits per heavy atom. The van der Waals surface area contributed by atoms with E-state index in [-0.39, 0.29) is 11.3 Å². The number of carbonyl (C=O) groups excluding carboxylic acids is 2. The van der Waals surface area contributed by atoms with Crippen LogP contribution in [0.5, 0.6) is 0 Å². The molecule has 0 saturated heterocycles. The third-order valence-corrected chi connectivity index (χ3v) is 3.05. The Morgan fingerprint density at radius 1 is 1.05 bits per heavy atom. The molecule has 2 amide bonds. The Bertz CT molecular complexity index is 742. The van der Waals surface area contributed by atoms with Crippen molar-refractivity contribution in [3.8, 4) is 0 Å². The van der Waals surface area contributed by atoms with E-state index in [4.69, 9.17) is 17.3 Å². The Hall–Kier alpha value is -2.86. The molecule has 2 rings (SSSR count). The van der Waals surface area contributed by atoms with Crippen LogP contribution < -0.4 is 16.3 Å². The summed E-state index contributed by atoms with van der Waals surface area (Å²) in [6.07, 6.45) is 0. The minimum atomic E-state index is -1.35. The molecule has 0 fully saturated rings. The smallest absolute Gasteiger partial charge is 0.332 e. The van der Waals surface area contributed by atoms with Crippen LogP contribution in [0.15, 0.2) is 53.6 Å². The SMILES string of the molecule is NC(=O)N/N=C(/c1ccc(Cl)cc1)c1ccccc1C(=O)[O-]. The van der Waals surface area contributed by atoms with Gasteiger partial charge in [0, 0.05) is 21.7 Å². The number of aromatic carboxylic acids is 1. The molecule has 0 atom stereocenters. The summed E-state index contributed by atoms with van der Waals surface area (Å²) in [6, 6.07) is 11.8. The second-order valence-corrected chi connectivity index (χ2v) is 4.71. The van der Waals surface area contributed by atoms with Gasteiger partial charge in [-0.2, -0.15) is 5.10 Å². The number of nitrogens with two attached hydrogens (primary N) is 1. The van der Waals surface area contributed by atoms with E-state index in [0.717, 1.165) is 0 Å². The molecule has 7 heteroatoms. The van der Waals surface area contributed by atoms with Crippen molar-refractivity contribution < 1.29 is 14.7 Å². The van der Waals surface area contributed by atoms with Crippen molar-refractivity contribution in [2.45, 2.75) is 0 Å². The summed E-state index contributed by atoms with van der Waals surface area (Å²) < 4.78 is 0. The Morgan fingerprint density at radius 2 is 1.64 bits per heavy atom. The summed E-state index contributed by atoms with van der Waals surface area (Å²) >= 11 is 5.84. The Labute approximate surface area is 131 Å². The number of urea groups is 1. The maximum absolute atomic E-state index is 11.3. The molecule has 22 heavy (non-hydrogen) atoms. The monoisotopic (exact) mass is 316 g/mol. The molecule has 3 N–H and O–H groups in total. The van der Waals surface area contributed by atoms with E-state index < -0.39 is 12.0 Å². The first-order chi connectivity index (χ1) is 10.5. The molecule has 6 nitrogen and oxygen atoms in total. The van der Waals surface area contributed by atoms with E-state index in [9.17, 15) is 14.7 Å². The molecule has 0 radical (unpaired) electrons. The van der Waals surface area contributed by atoms with Crippen molar-refractivity contribution in [1.82, 2.24) is 5.43 Å². The van der Waals surface area contributed by atoms with Crippen molar-refractivity contribution in [2.75, 3.05) is 0 Å². The first-order valence-corrected chi connectivity index (χ1v) is 6.56. The number of nitrogens with one attached hydrogen (secondary N) is 1. The Balaban J connectivity index is 2.59. The van der Waals surface area contributed by atoms with Crippen molar-refractivity contribution in [3.63, 3.8) is 0 Å². The minimum Gasteiger partial charge on any atom is -0.545 e. The third kappa shape index (κ3) is 3.62. The van der Waals surface area contributed by atoms with Crippen LogP contribution in [0.1, 0.15) is 21.5 Å². The van der Waals surface area contributed by atoms with Crippen LogP contribution in [0.2, 0.25) is 5.02 Å². The lowest BCUT2D eigenvalue weighted by atomic mass is 9.97. The van der Waals surface area contributed by atoms with Gasteiger partial charge in [-0.05, 0) is 12.1 Å². The zero-order valence-corrected chi connectivity index (χ0v) is 12.0. The van der Waals surface area contributed by atoms with Gasteiger partial charge in [0.15, 0.2) is 0 Å². The maximum Gasteiger partial charge on any atom is 0.332 e. The lowest BCUT2D eigenvalue weighted by Crippen LogP contribution is -2.28. The molecule has 0 aromatic heterocycles. The standard InChI is InChI=1S/C15H12ClN3O3/c16-10-7-5-9(6-8-10)13(18-19-15(17)22)11-3-1-2-4-12(11)14(20)21/h1-8H,(H,20,21)(H3,17,19,22)/p-1/b18-13-. The van der Waals surface area contributed by atoms with Gasteiger partial charge >= 0.3 is 6.03 Å². The number of hydrogen-bond donors (Lipinski definition) is 2. The van der Waals surface area contributed by atoms with Crippen molar-refractivity contribution in [1.29, 1.82) is 0 Å². The fourth-order valence-corrected chi connectivity index (χ4v) is 1.99. The van der Waals surface area contributed by atoms with Gasteiger partial charge in [0.2, 0.25) is 0 Å². The topological polar surface area (TPSA) is 108 Å². The highest BCUT2D eigenvalue weighted by molar-refractivity contribution is 6.30. The molecule has 0 aliphatic rings. The van der Waals surface area contributed by atoms with E-state index in [1.54, 1.807) is 42.5 Å². The summed E-state index contributed by atoms with van der Waals surface area (Å²) in [5.41, 5.74) is 8.15. The van der Waals surface area contributed by atoms with Gasteiger partial charge in [-0.15, -0.1) is 0 Å². The van der Waals surface area contributed by atoms with Crippen LogP contribution in [0.3, 0.4) is 0 Å². The molecule has 2 aromatic carbocycles. The average Bonchev–Trinajstić information content (AvgIpc) is 2.49. The minimum absolute atomic E-state index is 0.0533. The van der Waals surface area contributed by atoms with Gasteiger partial charge in [-0.3, -0.25) is 0 Å². The lowest BCUT2D eigenvalue weighted by molar-refractivity contribution is -0.255. The van der Waals surface area contributed by atoms with E-state index >= 15 is 0 Å². The zero-order chi connectivity index (χ0) is 16.1. The van der Waals surface area contributed by atoms with Gasteiger partial charge in [-0.25, -0.2) is 10.2 Å². The number of hydrogen-bond acceptors (Lipinski definition) is 4. The Kier molecular flexibility index (Phi) is 4.75. The van der Waals surface area contributed by atoms with Crippen LogP contribution >= 0.6 is 11.6 Å². The zero-order valence-electron chi connectivity index (χ0n) is 11.2. The summed E-state index contributed by atoms with van der Waals surface area (Å²) in [6.45, 7) is 0. The lowest BCUT2D eigenvalue weighted by Gasteiger charge is -2.13. The molecule has 0 aliphatic carbocycles. The molecule has 0 heterocycles. The molecule has 0 aliphatic heterocycles. The normalized spacial score (nSPS) is 11.0. The molecule has 0 unspecified atom stereocenters. The van der Waals surface area contributed by atoms with Crippen molar-refractivity contribution >= 4 is 29.3 Å².